The van der Waals surface area contributed by atoms with Gasteiger partial charge < -0.3 is 4.74 Å². The molecule has 1 aliphatic rings. The topological polar surface area (TPSA) is 88.6 Å². The predicted octanol–water partition coefficient (Wildman–Crippen LogP) is 5.54. The molecule has 0 radical (unpaired) electrons. The Kier molecular flexibility index (Phi) is 6.79. The van der Waals surface area contributed by atoms with E-state index in [1.54, 1.807) is 47.4 Å². The number of hydrogen-bond donors (Lipinski definition) is 1. The van der Waals surface area contributed by atoms with Crippen LogP contribution >= 0.6 is 11.3 Å². The number of anilines is 2. The van der Waals surface area contributed by atoms with Gasteiger partial charge in [-0.05, 0) is 80.3 Å². The normalized spacial score (nSPS) is 15.8. The van der Waals surface area contributed by atoms with Crippen LogP contribution < -0.4 is 9.62 Å². The molecule has 0 saturated carbocycles. The highest BCUT2D eigenvalue weighted by atomic mass is 32.2. The molecular weight excluding hydrogens is 494 g/mol. The van der Waals surface area contributed by atoms with Crippen molar-refractivity contribution in [2.45, 2.75) is 37.7 Å². The van der Waals surface area contributed by atoms with Crippen LogP contribution in [0.1, 0.15) is 34.3 Å². The van der Waals surface area contributed by atoms with Gasteiger partial charge in [0.25, 0.3) is 15.9 Å². The number of aryl methyl sites for hydroxylation is 2. The van der Waals surface area contributed by atoms with E-state index in [-0.39, 0.29) is 16.9 Å². The molecule has 1 amide bonds. The van der Waals surface area contributed by atoms with Crippen molar-refractivity contribution < 1.29 is 17.9 Å². The van der Waals surface area contributed by atoms with Crippen molar-refractivity contribution in [3.63, 3.8) is 0 Å². The second-order valence-electron chi connectivity index (χ2n) is 8.97. The Balaban J connectivity index is 1.42. The molecule has 1 atom stereocenters. The van der Waals surface area contributed by atoms with Crippen molar-refractivity contribution in [2.75, 3.05) is 22.8 Å². The highest BCUT2D eigenvalue weighted by Gasteiger charge is 2.27. The fourth-order valence-electron chi connectivity index (χ4n) is 4.37. The van der Waals surface area contributed by atoms with Crippen molar-refractivity contribution in [1.82, 2.24) is 4.98 Å². The third-order valence-corrected chi connectivity index (χ3v) is 8.76. The number of benzene rings is 3. The molecule has 0 bridgehead atoms. The van der Waals surface area contributed by atoms with Gasteiger partial charge in [0.1, 0.15) is 0 Å². The second kappa shape index (κ2) is 10.0. The first kappa shape index (κ1) is 24.4. The SMILES string of the molecule is Cc1cc(C)c2sc(N(CC3CCCO3)C(=O)c3ccc(NS(=O)(=O)c4ccccc4)cc3)nc2c1. The molecule has 1 aliphatic heterocycles. The van der Waals surface area contributed by atoms with Gasteiger partial charge in [-0.25, -0.2) is 13.4 Å². The zero-order valence-electron chi connectivity index (χ0n) is 20.1. The molecule has 186 valence electrons. The minimum Gasteiger partial charge on any atom is -0.376 e. The maximum absolute atomic E-state index is 13.7. The number of nitrogens with zero attached hydrogens (tertiary/aromatic N) is 2. The maximum atomic E-state index is 13.7. The van der Waals surface area contributed by atoms with E-state index in [0.29, 0.717) is 29.5 Å². The summed E-state index contributed by atoms with van der Waals surface area (Å²) in [6, 6.07) is 18.8. The molecule has 3 aromatic carbocycles. The molecule has 1 fully saturated rings. The number of hydrogen-bond acceptors (Lipinski definition) is 6. The summed E-state index contributed by atoms with van der Waals surface area (Å²) in [6.07, 6.45) is 1.83. The lowest BCUT2D eigenvalue weighted by Gasteiger charge is -2.23. The van der Waals surface area contributed by atoms with E-state index in [0.717, 1.165) is 34.2 Å². The lowest BCUT2D eigenvalue weighted by Crippen LogP contribution is -2.37. The summed E-state index contributed by atoms with van der Waals surface area (Å²) in [5.41, 5.74) is 3.97. The number of aromatic nitrogens is 1. The zero-order valence-corrected chi connectivity index (χ0v) is 21.7. The first-order valence-corrected chi connectivity index (χ1v) is 14.1. The van der Waals surface area contributed by atoms with Crippen LogP contribution in [0.25, 0.3) is 10.2 Å². The average molecular weight is 522 g/mol. The summed E-state index contributed by atoms with van der Waals surface area (Å²) in [7, 11) is -3.71. The van der Waals surface area contributed by atoms with E-state index in [1.807, 2.05) is 13.0 Å². The monoisotopic (exact) mass is 521 g/mol. The van der Waals surface area contributed by atoms with Crippen LogP contribution in [0, 0.1) is 13.8 Å². The molecule has 1 unspecified atom stereocenters. The Labute approximate surface area is 214 Å². The molecule has 0 aliphatic carbocycles. The molecular formula is C27H27N3O4S2. The van der Waals surface area contributed by atoms with E-state index in [2.05, 4.69) is 17.7 Å². The Hall–Kier alpha value is -3.27. The summed E-state index contributed by atoms with van der Waals surface area (Å²) >= 11 is 1.50. The fourth-order valence-corrected chi connectivity index (χ4v) is 6.47. The van der Waals surface area contributed by atoms with Crippen molar-refractivity contribution >= 4 is 48.3 Å². The predicted molar refractivity (Wildman–Crippen MR) is 143 cm³/mol. The number of carbonyl (C=O) groups excluding carboxylic acids is 1. The van der Waals surface area contributed by atoms with E-state index < -0.39 is 10.0 Å². The smallest absolute Gasteiger partial charge is 0.261 e. The number of ether oxygens (including phenoxy) is 1. The minimum absolute atomic E-state index is 0.0410. The van der Waals surface area contributed by atoms with E-state index in [9.17, 15) is 13.2 Å². The maximum Gasteiger partial charge on any atom is 0.261 e. The fraction of sp³-hybridized carbons (Fsp3) is 0.259. The van der Waals surface area contributed by atoms with Gasteiger partial charge in [0, 0.05) is 17.9 Å². The Morgan fingerprint density at radius 3 is 2.56 bits per heavy atom. The largest absolute Gasteiger partial charge is 0.376 e. The van der Waals surface area contributed by atoms with Crippen LogP contribution in [-0.2, 0) is 14.8 Å². The molecule has 1 N–H and O–H groups in total. The zero-order chi connectivity index (χ0) is 25.3. The van der Waals surface area contributed by atoms with E-state index in [4.69, 9.17) is 9.72 Å². The summed E-state index contributed by atoms with van der Waals surface area (Å²) in [5.74, 6) is -0.198. The third kappa shape index (κ3) is 5.13. The van der Waals surface area contributed by atoms with E-state index >= 15 is 0 Å². The molecule has 4 aromatic rings. The third-order valence-electron chi connectivity index (χ3n) is 6.13. The lowest BCUT2D eigenvalue weighted by atomic mass is 10.1. The minimum atomic E-state index is -3.71. The summed E-state index contributed by atoms with van der Waals surface area (Å²) in [4.78, 5) is 20.3. The van der Waals surface area contributed by atoms with Gasteiger partial charge in [-0.3, -0.25) is 14.4 Å². The van der Waals surface area contributed by atoms with Crippen LogP contribution in [-0.4, -0.2) is 38.6 Å². The van der Waals surface area contributed by atoms with E-state index in [1.165, 1.54) is 23.5 Å². The van der Waals surface area contributed by atoms with Crippen LogP contribution in [0.4, 0.5) is 10.8 Å². The number of fused-ring (bicyclic) bond motifs is 1. The van der Waals surface area contributed by atoms with Crippen LogP contribution in [0.3, 0.4) is 0 Å². The van der Waals surface area contributed by atoms with Gasteiger partial charge in [-0.1, -0.05) is 35.6 Å². The van der Waals surface area contributed by atoms with Gasteiger partial charge in [0.05, 0.1) is 27.8 Å². The highest BCUT2D eigenvalue weighted by Crippen LogP contribution is 2.33. The summed E-state index contributed by atoms with van der Waals surface area (Å²) in [6.45, 7) is 5.20. The number of nitrogens with one attached hydrogen (secondary N) is 1. The molecule has 1 aromatic heterocycles. The van der Waals surface area contributed by atoms with Crippen molar-refractivity contribution in [3.05, 3.63) is 83.4 Å². The van der Waals surface area contributed by atoms with Gasteiger partial charge in [0.2, 0.25) is 0 Å². The average Bonchev–Trinajstić information content (AvgIpc) is 3.53. The van der Waals surface area contributed by atoms with Crippen molar-refractivity contribution in [3.8, 4) is 0 Å². The van der Waals surface area contributed by atoms with Gasteiger partial charge >= 0.3 is 0 Å². The first-order valence-electron chi connectivity index (χ1n) is 11.8. The number of rotatable bonds is 7. The molecule has 5 rings (SSSR count). The Morgan fingerprint density at radius 2 is 1.86 bits per heavy atom. The molecule has 0 spiro atoms. The van der Waals surface area contributed by atoms with Crippen LogP contribution in [0.5, 0.6) is 0 Å². The number of sulfonamides is 1. The summed E-state index contributed by atoms with van der Waals surface area (Å²) in [5, 5.41) is 0.632. The summed E-state index contributed by atoms with van der Waals surface area (Å²) < 4.78 is 34.7. The molecule has 9 heteroatoms. The molecule has 2 heterocycles. The molecule has 1 saturated heterocycles. The molecule has 7 nitrogen and oxygen atoms in total. The Bertz CT molecular complexity index is 1490. The number of carbonyl (C=O) groups is 1. The van der Waals surface area contributed by atoms with Gasteiger partial charge in [-0.2, -0.15) is 0 Å². The van der Waals surface area contributed by atoms with Crippen LogP contribution in [0.2, 0.25) is 0 Å². The van der Waals surface area contributed by atoms with Crippen molar-refractivity contribution in [1.29, 1.82) is 0 Å². The van der Waals surface area contributed by atoms with Gasteiger partial charge in [0.15, 0.2) is 5.13 Å². The standard InChI is InChI=1S/C27H27N3O4S2/c1-18-15-19(2)25-24(16-18)28-27(35-25)30(17-22-7-6-14-34-22)26(31)20-10-12-21(13-11-20)29-36(32,33)23-8-4-3-5-9-23/h3-5,8-13,15-16,22,29H,6-7,14,17H2,1-2H3. The number of thiazole rings is 1. The highest BCUT2D eigenvalue weighted by molar-refractivity contribution is 7.92. The Morgan fingerprint density at radius 1 is 1.11 bits per heavy atom. The first-order chi connectivity index (χ1) is 17.3. The van der Waals surface area contributed by atoms with Crippen LogP contribution in [0.15, 0.2) is 71.6 Å². The number of amides is 1. The van der Waals surface area contributed by atoms with Crippen molar-refractivity contribution in [2.24, 2.45) is 0 Å². The second-order valence-corrected chi connectivity index (χ2v) is 11.6. The lowest BCUT2D eigenvalue weighted by molar-refractivity contribution is 0.0917. The quantitative estimate of drug-likeness (QED) is 0.345. The molecule has 36 heavy (non-hydrogen) atoms. The van der Waals surface area contributed by atoms with Gasteiger partial charge in [-0.15, -0.1) is 0 Å².